The van der Waals surface area contributed by atoms with E-state index in [2.05, 4.69) is 13.8 Å². The van der Waals surface area contributed by atoms with Crippen LogP contribution in [0.15, 0.2) is 34.9 Å². The van der Waals surface area contributed by atoms with E-state index in [1.165, 1.54) is 0 Å². The van der Waals surface area contributed by atoms with Crippen molar-refractivity contribution >= 4 is 11.8 Å². The molecule has 0 aromatic rings. The zero-order valence-electron chi connectivity index (χ0n) is 19.2. The van der Waals surface area contributed by atoms with Gasteiger partial charge in [0.2, 0.25) is 0 Å². The molecule has 0 aromatic carbocycles. The maximum Gasteiger partial charge on any atom is 0.334 e. The summed E-state index contributed by atoms with van der Waals surface area (Å²) in [6.45, 7) is 10.8. The largest absolute Gasteiger partial charge is 0.451 e. The Morgan fingerprint density at radius 2 is 2.00 bits per heavy atom. The Morgan fingerprint density at radius 1 is 1.35 bits per heavy atom. The lowest BCUT2D eigenvalue weighted by Gasteiger charge is -2.48. The number of Topliss-reactive ketones (excluding diaryl/α,β-unsaturated/α-hetero) is 1. The number of aliphatic hydroxyl groups is 3. The number of aliphatic hydroxyl groups excluding tert-OH is 2. The van der Waals surface area contributed by atoms with Crippen LogP contribution in [-0.2, 0) is 14.3 Å². The van der Waals surface area contributed by atoms with Crippen LogP contribution in [0.1, 0.15) is 48.0 Å². The van der Waals surface area contributed by atoms with Gasteiger partial charge in [-0.25, -0.2) is 4.79 Å². The second-order valence-electron chi connectivity index (χ2n) is 10.6. The van der Waals surface area contributed by atoms with E-state index in [9.17, 15) is 24.9 Å². The highest BCUT2D eigenvalue weighted by atomic mass is 16.6. The molecule has 2 bridgehead atoms. The topological polar surface area (TPSA) is 104 Å². The van der Waals surface area contributed by atoms with Gasteiger partial charge in [-0.3, -0.25) is 4.79 Å². The minimum absolute atomic E-state index is 0.0209. The molecule has 0 heterocycles. The zero-order chi connectivity index (χ0) is 23.1. The molecule has 2 fully saturated rings. The molecule has 4 aliphatic carbocycles. The highest BCUT2D eigenvalue weighted by Crippen LogP contribution is 2.71. The third-order valence-electron chi connectivity index (χ3n) is 8.88. The molecule has 4 aliphatic rings. The van der Waals surface area contributed by atoms with Crippen molar-refractivity contribution in [3.63, 3.8) is 0 Å². The van der Waals surface area contributed by atoms with Crippen molar-refractivity contribution in [1.29, 1.82) is 0 Å². The van der Waals surface area contributed by atoms with E-state index in [0.717, 1.165) is 6.42 Å². The fourth-order valence-electron chi connectivity index (χ4n) is 6.91. The van der Waals surface area contributed by atoms with Crippen molar-refractivity contribution in [3.8, 4) is 0 Å². The highest BCUT2D eigenvalue weighted by Gasteiger charge is 2.76. The number of hydrogen-bond acceptors (Lipinski definition) is 6. The maximum absolute atomic E-state index is 14.2. The van der Waals surface area contributed by atoms with Gasteiger partial charge < -0.3 is 20.1 Å². The van der Waals surface area contributed by atoms with Gasteiger partial charge in [-0.15, -0.1) is 0 Å². The molecule has 4 rings (SSSR count). The number of ether oxygens (including phenoxy) is 1. The second kappa shape index (κ2) is 6.87. The molecular weight excluding hydrogens is 396 g/mol. The smallest absolute Gasteiger partial charge is 0.334 e. The van der Waals surface area contributed by atoms with Crippen LogP contribution in [0.4, 0.5) is 0 Å². The predicted molar refractivity (Wildman–Crippen MR) is 115 cm³/mol. The molecule has 0 radical (unpaired) electrons. The Kier molecular flexibility index (Phi) is 4.97. The van der Waals surface area contributed by atoms with Gasteiger partial charge >= 0.3 is 5.97 Å². The molecule has 2 saturated carbocycles. The van der Waals surface area contributed by atoms with E-state index in [-0.39, 0.29) is 28.6 Å². The normalized spacial score (nSPS) is 45.6. The minimum atomic E-state index is -2.08. The molecule has 3 N–H and O–H groups in total. The molecule has 0 saturated heterocycles. The van der Waals surface area contributed by atoms with E-state index in [1.807, 2.05) is 6.92 Å². The lowest BCUT2D eigenvalue weighted by molar-refractivity contribution is -0.201. The van der Waals surface area contributed by atoms with Gasteiger partial charge in [0.1, 0.15) is 6.10 Å². The van der Waals surface area contributed by atoms with Crippen LogP contribution in [0.5, 0.6) is 0 Å². The van der Waals surface area contributed by atoms with Crippen molar-refractivity contribution in [2.24, 2.45) is 34.5 Å². The molecule has 170 valence electrons. The summed E-state index contributed by atoms with van der Waals surface area (Å²) >= 11 is 0. The number of esters is 1. The number of carbonyl (C=O) groups is 2. The van der Waals surface area contributed by atoms with Gasteiger partial charge in [0.25, 0.3) is 0 Å². The number of ketones is 1. The number of carbonyl (C=O) groups excluding carboxylic acids is 2. The molecule has 0 amide bonds. The molecule has 8 atom stereocenters. The monoisotopic (exact) mass is 430 g/mol. The van der Waals surface area contributed by atoms with Crippen molar-refractivity contribution < 1.29 is 29.6 Å². The number of fused-ring (bicyclic) bond motifs is 3. The van der Waals surface area contributed by atoms with Crippen LogP contribution in [0.3, 0.4) is 0 Å². The Balaban J connectivity index is 1.91. The lowest BCUT2D eigenvalue weighted by Crippen LogP contribution is -2.65. The molecule has 31 heavy (non-hydrogen) atoms. The number of rotatable bonds is 3. The molecule has 0 aromatic heterocycles. The average Bonchev–Trinajstić information content (AvgIpc) is 3.21. The zero-order valence-corrected chi connectivity index (χ0v) is 19.2. The summed E-state index contributed by atoms with van der Waals surface area (Å²) in [5.74, 6) is -1.13. The SMILES string of the molecule is C/C=C(/C)C(=O)O[C@H]1C(C)=C[C@]23C(=O)[C@H](C=C(CO)[C@@H](O)[C@]12O)[C@H]1[C@@H](C[C@H]3C)C1(C)C. The van der Waals surface area contributed by atoms with Gasteiger partial charge in [-0.2, -0.15) is 0 Å². The van der Waals surface area contributed by atoms with Gasteiger partial charge in [0.05, 0.1) is 12.0 Å². The lowest BCUT2D eigenvalue weighted by atomic mass is 9.59. The molecule has 1 spiro atoms. The van der Waals surface area contributed by atoms with Gasteiger partial charge in [-0.1, -0.05) is 39.0 Å². The van der Waals surface area contributed by atoms with Gasteiger partial charge in [0.15, 0.2) is 17.5 Å². The fraction of sp³-hybridized carbons (Fsp3) is 0.680. The summed E-state index contributed by atoms with van der Waals surface area (Å²) in [7, 11) is 0. The molecule has 0 unspecified atom stereocenters. The van der Waals surface area contributed by atoms with Crippen molar-refractivity contribution in [1.82, 2.24) is 0 Å². The molecule has 0 aliphatic heterocycles. The van der Waals surface area contributed by atoms with E-state index < -0.39 is 41.7 Å². The first-order valence-corrected chi connectivity index (χ1v) is 11.2. The first-order valence-electron chi connectivity index (χ1n) is 11.2. The maximum atomic E-state index is 14.2. The first kappa shape index (κ1) is 22.4. The highest BCUT2D eigenvalue weighted by molar-refractivity contribution is 5.96. The predicted octanol–water partition coefficient (Wildman–Crippen LogP) is 2.33. The Bertz CT molecular complexity index is 926. The van der Waals surface area contributed by atoms with Gasteiger partial charge in [-0.05, 0) is 61.5 Å². The van der Waals surface area contributed by atoms with Crippen LogP contribution in [-0.4, -0.2) is 51.5 Å². The standard InChI is InChI=1S/C25H34O6/c1-7-12(2)22(29)31-21-13(3)10-24-14(4)8-17-18(23(17,5)6)16(20(24)28)9-15(11-26)19(27)25(21,24)30/h7,9-10,14,16-19,21,26-27,30H,8,11H2,1-6H3/b12-7-/t14-,16-,17-,18+,19-,21+,24+,25+/m1/s1. The summed E-state index contributed by atoms with van der Waals surface area (Å²) in [5, 5.41) is 33.7. The molecular formula is C25H34O6. The van der Waals surface area contributed by atoms with E-state index >= 15 is 0 Å². The third kappa shape index (κ3) is 2.61. The van der Waals surface area contributed by atoms with Gasteiger partial charge in [0, 0.05) is 11.5 Å². The Labute approximate surface area is 183 Å². The number of allylic oxidation sites excluding steroid dienone is 2. The summed E-state index contributed by atoms with van der Waals surface area (Å²) < 4.78 is 5.72. The fourth-order valence-corrected chi connectivity index (χ4v) is 6.91. The first-order chi connectivity index (χ1) is 14.4. The minimum Gasteiger partial charge on any atom is -0.451 e. The molecule has 6 heteroatoms. The quantitative estimate of drug-likeness (QED) is 0.361. The summed E-state index contributed by atoms with van der Waals surface area (Å²) in [6.07, 6.45) is 3.04. The van der Waals surface area contributed by atoms with E-state index in [0.29, 0.717) is 17.1 Å². The van der Waals surface area contributed by atoms with E-state index in [4.69, 9.17) is 4.74 Å². The van der Waals surface area contributed by atoms with Crippen molar-refractivity contribution in [2.45, 2.75) is 65.8 Å². The Morgan fingerprint density at radius 3 is 2.58 bits per heavy atom. The van der Waals surface area contributed by atoms with Crippen LogP contribution in [0.25, 0.3) is 0 Å². The van der Waals surface area contributed by atoms with Crippen LogP contribution in [0.2, 0.25) is 0 Å². The molecule has 6 nitrogen and oxygen atoms in total. The van der Waals surface area contributed by atoms with Crippen molar-refractivity contribution in [3.05, 3.63) is 34.9 Å². The van der Waals surface area contributed by atoms with Crippen LogP contribution >= 0.6 is 0 Å². The summed E-state index contributed by atoms with van der Waals surface area (Å²) in [5.41, 5.74) is -2.36. The number of hydrogen-bond donors (Lipinski definition) is 3. The summed E-state index contributed by atoms with van der Waals surface area (Å²) in [6, 6.07) is 0. The van der Waals surface area contributed by atoms with Crippen LogP contribution in [0, 0.1) is 34.5 Å². The second-order valence-corrected chi connectivity index (χ2v) is 10.6. The third-order valence-corrected chi connectivity index (χ3v) is 8.88. The summed E-state index contributed by atoms with van der Waals surface area (Å²) in [4.78, 5) is 26.8. The average molecular weight is 431 g/mol. The Hall–Kier alpha value is -1.76. The van der Waals surface area contributed by atoms with Crippen LogP contribution < -0.4 is 0 Å². The van der Waals surface area contributed by atoms with E-state index in [1.54, 1.807) is 39.0 Å². The van der Waals surface area contributed by atoms with Crippen molar-refractivity contribution in [2.75, 3.05) is 6.61 Å².